The fraction of sp³-hybridized carbons (Fsp3) is 0.286. The fourth-order valence-electron chi connectivity index (χ4n) is 3.22. The maximum Gasteiger partial charge on any atom is 0.241 e. The molecular weight excluding hydrogens is 338 g/mol. The molecule has 0 N–H and O–H groups in total. The summed E-state index contributed by atoms with van der Waals surface area (Å²) in [5.74, 6) is 0.786. The first-order valence-electron chi connectivity index (χ1n) is 9.01. The van der Waals surface area contributed by atoms with Gasteiger partial charge in [0.15, 0.2) is 0 Å². The van der Waals surface area contributed by atoms with Crippen molar-refractivity contribution in [3.8, 4) is 6.07 Å². The van der Waals surface area contributed by atoms with Crippen molar-refractivity contribution in [3.05, 3.63) is 66.9 Å². The summed E-state index contributed by atoms with van der Waals surface area (Å²) in [4.78, 5) is 23.2. The summed E-state index contributed by atoms with van der Waals surface area (Å²) in [6.45, 7) is 7.61. The van der Waals surface area contributed by atoms with Crippen molar-refractivity contribution in [1.82, 2.24) is 9.88 Å². The largest absolute Gasteiger partial charge is 0.353 e. The number of para-hydroxylation sites is 1. The number of aromatic nitrogens is 1. The van der Waals surface area contributed by atoms with E-state index < -0.39 is 0 Å². The molecule has 1 amide bonds. The number of nitriles is 1. The average molecular weight is 361 g/mol. The van der Waals surface area contributed by atoms with Crippen molar-refractivity contribution in [2.24, 2.45) is 0 Å². The predicted molar refractivity (Wildman–Crippen MR) is 107 cm³/mol. The van der Waals surface area contributed by atoms with Crippen molar-refractivity contribution in [3.63, 3.8) is 0 Å². The molecule has 2 aromatic rings. The molecule has 6 heteroatoms. The maximum atomic E-state index is 12.8. The maximum absolute atomic E-state index is 12.8. The third-order valence-electron chi connectivity index (χ3n) is 4.62. The van der Waals surface area contributed by atoms with Crippen LogP contribution in [-0.2, 0) is 4.79 Å². The topological polar surface area (TPSA) is 63.5 Å². The monoisotopic (exact) mass is 361 g/mol. The van der Waals surface area contributed by atoms with Crippen LogP contribution in [0.5, 0.6) is 0 Å². The lowest BCUT2D eigenvalue weighted by molar-refractivity contribution is -0.119. The summed E-state index contributed by atoms with van der Waals surface area (Å²) < 4.78 is 0. The second-order valence-electron chi connectivity index (χ2n) is 6.38. The Kier molecular flexibility index (Phi) is 6.18. The van der Waals surface area contributed by atoms with E-state index in [0.717, 1.165) is 37.7 Å². The van der Waals surface area contributed by atoms with E-state index in [0.29, 0.717) is 18.7 Å². The number of anilines is 2. The van der Waals surface area contributed by atoms with Crippen molar-refractivity contribution in [2.45, 2.75) is 0 Å². The fourth-order valence-corrected chi connectivity index (χ4v) is 3.22. The number of amides is 1. The SMILES string of the molecule is C=CCN(C(=O)CN1CCN(c2ncccc2C#N)CC1)c1ccccc1. The van der Waals surface area contributed by atoms with Gasteiger partial charge in [0.05, 0.1) is 12.1 Å². The van der Waals surface area contributed by atoms with Crippen LogP contribution in [-0.4, -0.2) is 55.1 Å². The summed E-state index contributed by atoms with van der Waals surface area (Å²) >= 11 is 0. The zero-order valence-electron chi connectivity index (χ0n) is 15.3. The van der Waals surface area contributed by atoms with E-state index in [4.69, 9.17) is 0 Å². The van der Waals surface area contributed by atoms with Crippen LogP contribution in [0.2, 0.25) is 0 Å². The minimum atomic E-state index is 0.0603. The van der Waals surface area contributed by atoms with Gasteiger partial charge in [0.2, 0.25) is 5.91 Å². The summed E-state index contributed by atoms with van der Waals surface area (Å²) in [5, 5.41) is 9.25. The summed E-state index contributed by atoms with van der Waals surface area (Å²) in [6, 6.07) is 15.4. The molecule has 6 nitrogen and oxygen atoms in total. The molecule has 0 unspecified atom stereocenters. The van der Waals surface area contributed by atoms with E-state index in [2.05, 4.69) is 27.4 Å². The van der Waals surface area contributed by atoms with Crippen molar-refractivity contribution in [2.75, 3.05) is 49.1 Å². The van der Waals surface area contributed by atoms with Gasteiger partial charge in [-0.2, -0.15) is 5.26 Å². The van der Waals surface area contributed by atoms with Crippen LogP contribution in [0, 0.1) is 11.3 Å². The van der Waals surface area contributed by atoms with Gasteiger partial charge in [-0.3, -0.25) is 9.69 Å². The Morgan fingerprint density at radius 1 is 1.19 bits per heavy atom. The van der Waals surface area contributed by atoms with Crippen LogP contribution >= 0.6 is 0 Å². The molecule has 0 aliphatic carbocycles. The predicted octanol–water partition coefficient (Wildman–Crippen LogP) is 2.29. The van der Waals surface area contributed by atoms with E-state index in [1.165, 1.54) is 0 Å². The first-order valence-corrected chi connectivity index (χ1v) is 9.01. The number of piperazine rings is 1. The van der Waals surface area contributed by atoms with Crippen LogP contribution in [0.15, 0.2) is 61.3 Å². The third kappa shape index (κ3) is 4.52. The molecule has 0 spiro atoms. The Morgan fingerprint density at radius 2 is 1.93 bits per heavy atom. The number of carbonyl (C=O) groups excluding carboxylic acids is 1. The van der Waals surface area contributed by atoms with Crippen LogP contribution in [0.1, 0.15) is 5.56 Å². The van der Waals surface area contributed by atoms with Gasteiger partial charge >= 0.3 is 0 Å². The smallest absolute Gasteiger partial charge is 0.241 e. The number of benzene rings is 1. The van der Waals surface area contributed by atoms with Crippen LogP contribution in [0.3, 0.4) is 0 Å². The number of hydrogen-bond donors (Lipinski definition) is 0. The third-order valence-corrected chi connectivity index (χ3v) is 4.62. The highest BCUT2D eigenvalue weighted by atomic mass is 16.2. The molecule has 2 heterocycles. The molecule has 0 radical (unpaired) electrons. The highest BCUT2D eigenvalue weighted by Gasteiger charge is 2.23. The number of rotatable bonds is 6. The molecule has 1 fully saturated rings. The highest BCUT2D eigenvalue weighted by Crippen LogP contribution is 2.19. The van der Waals surface area contributed by atoms with Gasteiger partial charge in [-0.15, -0.1) is 6.58 Å². The van der Waals surface area contributed by atoms with E-state index in [1.54, 1.807) is 29.3 Å². The molecule has 3 rings (SSSR count). The summed E-state index contributed by atoms with van der Waals surface area (Å²) in [7, 11) is 0. The number of pyridine rings is 1. The molecule has 1 aliphatic rings. The van der Waals surface area contributed by atoms with E-state index >= 15 is 0 Å². The zero-order chi connectivity index (χ0) is 19.1. The molecule has 1 saturated heterocycles. The lowest BCUT2D eigenvalue weighted by atomic mass is 10.2. The Bertz CT molecular complexity index is 822. The molecule has 1 aromatic carbocycles. The lowest BCUT2D eigenvalue weighted by Gasteiger charge is -2.36. The Morgan fingerprint density at radius 3 is 2.59 bits per heavy atom. The van der Waals surface area contributed by atoms with Crippen molar-refractivity contribution >= 4 is 17.4 Å². The molecule has 0 atom stereocenters. The molecule has 1 aromatic heterocycles. The standard InChI is InChI=1S/C21H23N5O/c1-2-11-26(19-8-4-3-5-9-19)20(27)17-24-12-14-25(15-13-24)21-18(16-22)7-6-10-23-21/h2-10H,1,11-15,17H2. The Balaban J connectivity index is 1.60. The van der Waals surface area contributed by atoms with Gasteiger partial charge in [0, 0.05) is 44.6 Å². The molecule has 0 saturated carbocycles. The number of carbonyl (C=O) groups is 1. The van der Waals surface area contributed by atoms with Crippen LogP contribution < -0.4 is 9.80 Å². The van der Waals surface area contributed by atoms with Crippen LogP contribution in [0.4, 0.5) is 11.5 Å². The molecule has 1 aliphatic heterocycles. The molecule has 0 bridgehead atoms. The quantitative estimate of drug-likeness (QED) is 0.739. The summed E-state index contributed by atoms with van der Waals surface area (Å²) in [5.41, 5.74) is 1.47. The Hall–Kier alpha value is -3.17. The lowest BCUT2D eigenvalue weighted by Crippen LogP contribution is -2.50. The van der Waals surface area contributed by atoms with E-state index in [-0.39, 0.29) is 5.91 Å². The highest BCUT2D eigenvalue weighted by molar-refractivity contribution is 5.95. The van der Waals surface area contributed by atoms with Crippen LogP contribution in [0.25, 0.3) is 0 Å². The zero-order valence-corrected chi connectivity index (χ0v) is 15.3. The minimum Gasteiger partial charge on any atom is -0.353 e. The second-order valence-corrected chi connectivity index (χ2v) is 6.38. The second kappa shape index (κ2) is 8.97. The van der Waals surface area contributed by atoms with Crippen molar-refractivity contribution < 1.29 is 4.79 Å². The van der Waals surface area contributed by atoms with Gasteiger partial charge in [-0.25, -0.2) is 4.98 Å². The first kappa shape index (κ1) is 18.6. The van der Waals surface area contributed by atoms with E-state index in [1.807, 2.05) is 30.3 Å². The first-order chi connectivity index (χ1) is 13.2. The van der Waals surface area contributed by atoms with Gasteiger partial charge in [-0.05, 0) is 24.3 Å². The van der Waals surface area contributed by atoms with Crippen molar-refractivity contribution in [1.29, 1.82) is 5.26 Å². The number of hydrogen-bond acceptors (Lipinski definition) is 5. The van der Waals surface area contributed by atoms with Gasteiger partial charge < -0.3 is 9.80 Å². The van der Waals surface area contributed by atoms with Gasteiger partial charge in [0.1, 0.15) is 11.9 Å². The number of nitrogens with zero attached hydrogens (tertiary/aromatic N) is 5. The molecule has 138 valence electrons. The summed E-state index contributed by atoms with van der Waals surface area (Å²) in [6.07, 6.45) is 3.45. The van der Waals surface area contributed by atoms with Gasteiger partial charge in [0.25, 0.3) is 0 Å². The molecular formula is C21H23N5O. The Labute approximate surface area is 159 Å². The van der Waals surface area contributed by atoms with E-state index in [9.17, 15) is 10.1 Å². The average Bonchev–Trinajstić information content (AvgIpc) is 2.73. The normalized spacial score (nSPS) is 14.4. The van der Waals surface area contributed by atoms with Gasteiger partial charge in [-0.1, -0.05) is 24.3 Å². The minimum absolute atomic E-state index is 0.0603. The molecule has 27 heavy (non-hydrogen) atoms.